The van der Waals surface area contributed by atoms with Crippen molar-refractivity contribution in [2.24, 2.45) is 4.99 Å². The minimum atomic E-state index is -4.76. The van der Waals surface area contributed by atoms with Crippen LogP contribution in [0.2, 0.25) is 0 Å². The Morgan fingerprint density at radius 1 is 1.11 bits per heavy atom. The van der Waals surface area contributed by atoms with Gasteiger partial charge in [-0.2, -0.15) is 0 Å². The monoisotopic (exact) mass is 499 g/mol. The average Bonchev–Trinajstić information content (AvgIpc) is 3.08. The minimum absolute atomic E-state index is 0.0652. The van der Waals surface area contributed by atoms with E-state index < -0.39 is 11.9 Å². The Morgan fingerprint density at radius 3 is 2.31 bits per heavy atom. The zero-order valence-corrected chi connectivity index (χ0v) is 21.7. The van der Waals surface area contributed by atoms with Crippen LogP contribution in [0, 0.1) is 0 Å². The molecule has 2 unspecified atom stereocenters. The Labute approximate surface area is 212 Å². The maximum absolute atomic E-state index is 12.8. The summed E-state index contributed by atoms with van der Waals surface area (Å²) in [5.41, 5.74) is 2.61. The summed E-state index contributed by atoms with van der Waals surface area (Å²) < 4.78 is 42.7. The van der Waals surface area contributed by atoms with Gasteiger partial charge in [0.2, 0.25) is 0 Å². The minimum Gasteiger partial charge on any atom is -0.406 e. The number of likely N-dealkylation sites (tertiary alicyclic amines) is 1. The van der Waals surface area contributed by atoms with E-state index in [1.54, 1.807) is 12.1 Å². The molecule has 2 aliphatic heterocycles. The van der Waals surface area contributed by atoms with Crippen LogP contribution in [-0.4, -0.2) is 40.8 Å². The van der Waals surface area contributed by atoms with Crippen molar-refractivity contribution in [1.29, 1.82) is 0 Å². The molecule has 0 amide bonds. The number of halogens is 3. The van der Waals surface area contributed by atoms with Crippen molar-refractivity contribution < 1.29 is 17.9 Å². The first-order valence-corrected chi connectivity index (χ1v) is 12.2. The predicted molar refractivity (Wildman–Crippen MR) is 141 cm³/mol. The van der Waals surface area contributed by atoms with Gasteiger partial charge < -0.3 is 10.1 Å². The molecule has 1 N–H and O–H groups in total. The molecule has 0 radical (unpaired) electrons. The van der Waals surface area contributed by atoms with Gasteiger partial charge in [-0.25, -0.2) is 0 Å². The van der Waals surface area contributed by atoms with Crippen molar-refractivity contribution in [2.45, 2.75) is 70.9 Å². The standard InChI is InChI=1S/C26H30F3N3O.C3H6/c1-17-16-25(13-14-32(17)24(3,4)5)18(2)30-23(31-25)21-12-11-20(33-26(27,28)29)15-22(21)19-9-7-6-8-10-19;1-3-2/h6-12,15,17H,2,13-14,16H2,1,3-5H3,(H,30,31);3H,1H2,2H3. The van der Waals surface area contributed by atoms with Crippen molar-refractivity contribution >= 4 is 5.84 Å². The topological polar surface area (TPSA) is 36.9 Å². The first kappa shape index (κ1) is 27.5. The lowest BCUT2D eigenvalue weighted by Crippen LogP contribution is -2.55. The van der Waals surface area contributed by atoms with Gasteiger partial charge in [-0.15, -0.1) is 19.8 Å². The second-order valence-electron chi connectivity index (χ2n) is 10.3. The number of ether oxygens (including phenoxy) is 1. The van der Waals surface area contributed by atoms with Crippen molar-refractivity contribution in [3.63, 3.8) is 0 Å². The van der Waals surface area contributed by atoms with Gasteiger partial charge in [0, 0.05) is 29.4 Å². The number of hydrogen-bond acceptors (Lipinski definition) is 4. The van der Waals surface area contributed by atoms with Crippen molar-refractivity contribution in [1.82, 2.24) is 10.2 Å². The van der Waals surface area contributed by atoms with Gasteiger partial charge in [-0.3, -0.25) is 9.89 Å². The number of rotatable bonds is 3. The van der Waals surface area contributed by atoms with Crippen LogP contribution in [0.4, 0.5) is 13.2 Å². The largest absolute Gasteiger partial charge is 0.573 e. The van der Waals surface area contributed by atoms with E-state index in [0.717, 1.165) is 36.2 Å². The molecule has 2 aliphatic rings. The summed E-state index contributed by atoms with van der Waals surface area (Å²) >= 11 is 0. The molecule has 194 valence electrons. The third kappa shape index (κ3) is 6.19. The number of piperidine rings is 1. The summed E-state index contributed by atoms with van der Waals surface area (Å²) in [5.74, 6) is 0.373. The van der Waals surface area contributed by atoms with E-state index in [2.05, 4.69) is 55.8 Å². The molecule has 0 aromatic heterocycles. The lowest BCUT2D eigenvalue weighted by atomic mass is 9.80. The highest BCUT2D eigenvalue weighted by Crippen LogP contribution is 2.41. The van der Waals surface area contributed by atoms with Crippen LogP contribution in [0.3, 0.4) is 0 Å². The normalized spacial score (nSPS) is 22.4. The predicted octanol–water partition coefficient (Wildman–Crippen LogP) is 7.33. The van der Waals surface area contributed by atoms with Crippen molar-refractivity contribution in [3.8, 4) is 16.9 Å². The molecule has 2 heterocycles. The van der Waals surface area contributed by atoms with Gasteiger partial charge in [0.1, 0.15) is 17.1 Å². The smallest absolute Gasteiger partial charge is 0.406 e. The second kappa shape index (κ2) is 10.5. The molecule has 4 rings (SSSR count). The second-order valence-corrected chi connectivity index (χ2v) is 10.3. The quantitative estimate of drug-likeness (QED) is 0.449. The molecule has 36 heavy (non-hydrogen) atoms. The van der Waals surface area contributed by atoms with Gasteiger partial charge in [-0.05, 0) is 76.8 Å². The first-order valence-electron chi connectivity index (χ1n) is 12.2. The lowest BCUT2D eigenvalue weighted by molar-refractivity contribution is -0.274. The van der Waals surface area contributed by atoms with E-state index >= 15 is 0 Å². The molecular weight excluding hydrogens is 463 g/mol. The van der Waals surface area contributed by atoms with Crippen LogP contribution in [0.5, 0.6) is 5.75 Å². The van der Waals surface area contributed by atoms with Crippen LogP contribution in [0.25, 0.3) is 11.1 Å². The number of nitrogens with zero attached hydrogens (tertiary/aromatic N) is 2. The summed E-state index contributed by atoms with van der Waals surface area (Å²) in [6.07, 6.45) is -1.34. The Kier molecular flexibility index (Phi) is 8.04. The summed E-state index contributed by atoms with van der Waals surface area (Å²) in [6.45, 7) is 19.3. The van der Waals surface area contributed by atoms with Gasteiger partial charge >= 0.3 is 6.36 Å². The highest BCUT2D eigenvalue weighted by Gasteiger charge is 2.46. The number of hydrogen-bond donors (Lipinski definition) is 1. The summed E-state index contributed by atoms with van der Waals surface area (Å²) in [5, 5.41) is 3.36. The van der Waals surface area contributed by atoms with E-state index in [1.165, 1.54) is 12.1 Å². The highest BCUT2D eigenvalue weighted by atomic mass is 19.4. The maximum atomic E-state index is 12.8. The molecular formula is C29H36F3N3O. The Bertz CT molecular complexity index is 1120. The Balaban J connectivity index is 0.00000115. The van der Waals surface area contributed by atoms with E-state index in [0.29, 0.717) is 17.4 Å². The van der Waals surface area contributed by atoms with E-state index in [9.17, 15) is 13.2 Å². The summed E-state index contributed by atoms with van der Waals surface area (Å²) in [6, 6.07) is 14.0. The molecule has 1 saturated heterocycles. The maximum Gasteiger partial charge on any atom is 0.573 e. The van der Waals surface area contributed by atoms with Gasteiger partial charge in [0.05, 0.1) is 0 Å². The van der Waals surface area contributed by atoms with E-state index in [4.69, 9.17) is 4.99 Å². The summed E-state index contributed by atoms with van der Waals surface area (Å²) in [4.78, 5) is 7.59. The zero-order valence-electron chi connectivity index (χ0n) is 21.7. The molecule has 1 fully saturated rings. The van der Waals surface area contributed by atoms with Crippen LogP contribution in [0.1, 0.15) is 53.0 Å². The number of alkyl halides is 3. The Hall–Kier alpha value is -3.06. The number of benzene rings is 2. The van der Waals surface area contributed by atoms with Crippen LogP contribution in [-0.2, 0) is 0 Å². The molecule has 4 nitrogen and oxygen atoms in total. The molecule has 0 saturated carbocycles. The van der Waals surface area contributed by atoms with E-state index in [1.807, 2.05) is 37.3 Å². The average molecular weight is 500 g/mol. The van der Waals surface area contributed by atoms with Gasteiger partial charge in [0.25, 0.3) is 0 Å². The molecule has 7 heteroatoms. The van der Waals surface area contributed by atoms with Crippen LogP contribution >= 0.6 is 0 Å². The highest BCUT2D eigenvalue weighted by molar-refractivity contribution is 6.07. The van der Waals surface area contributed by atoms with Gasteiger partial charge in [0.15, 0.2) is 0 Å². The fraction of sp³-hybridized carbons (Fsp3) is 0.414. The zero-order chi connectivity index (χ0) is 26.7. The van der Waals surface area contributed by atoms with Crippen molar-refractivity contribution in [3.05, 3.63) is 79.0 Å². The fourth-order valence-corrected chi connectivity index (χ4v) is 5.08. The van der Waals surface area contributed by atoms with Crippen LogP contribution in [0.15, 0.2) is 78.5 Å². The molecule has 2 aromatic carbocycles. The molecule has 1 spiro atoms. The summed E-state index contributed by atoms with van der Waals surface area (Å²) in [7, 11) is 0. The third-order valence-electron chi connectivity index (χ3n) is 6.51. The molecule has 0 bridgehead atoms. The van der Waals surface area contributed by atoms with E-state index in [-0.39, 0.29) is 11.3 Å². The number of allylic oxidation sites excluding steroid dienone is 1. The fourth-order valence-electron chi connectivity index (χ4n) is 5.08. The molecule has 2 aromatic rings. The third-order valence-corrected chi connectivity index (χ3v) is 6.51. The SMILES string of the molecule is C=C1NC(c2ccc(OC(F)(F)F)cc2-c2ccccc2)=NC12CCN(C(C)(C)C)C(C)C2.C=CC. The molecule has 2 atom stereocenters. The first-order chi connectivity index (χ1) is 16.8. The molecule has 0 aliphatic carbocycles. The van der Waals surface area contributed by atoms with Crippen LogP contribution < -0.4 is 10.1 Å². The lowest BCUT2D eigenvalue weighted by Gasteiger charge is -2.48. The van der Waals surface area contributed by atoms with Gasteiger partial charge in [-0.1, -0.05) is 43.0 Å². The van der Waals surface area contributed by atoms with Crippen molar-refractivity contribution in [2.75, 3.05) is 6.54 Å². The Morgan fingerprint density at radius 2 is 1.75 bits per heavy atom. The number of nitrogens with one attached hydrogen (secondary N) is 1. The number of aliphatic imine (C=N–C) groups is 1. The number of amidine groups is 1.